The van der Waals surface area contributed by atoms with Gasteiger partial charge in [-0.05, 0) is 61.4 Å². The third-order valence-electron chi connectivity index (χ3n) is 4.63. The van der Waals surface area contributed by atoms with Crippen molar-refractivity contribution in [2.75, 3.05) is 25.5 Å². The average Bonchev–Trinajstić information content (AvgIpc) is 2.68. The number of hydrogen-bond acceptors (Lipinski definition) is 3. The van der Waals surface area contributed by atoms with E-state index in [1.807, 2.05) is 24.3 Å². The van der Waals surface area contributed by atoms with Crippen LogP contribution in [-0.4, -0.2) is 37.0 Å². The maximum Gasteiger partial charge on any atom is 0.416 e. The predicted octanol–water partition coefficient (Wildman–Crippen LogP) is 4.43. The molecule has 2 aromatic rings. The lowest BCUT2D eigenvalue weighted by Crippen LogP contribution is -2.45. The van der Waals surface area contributed by atoms with Gasteiger partial charge in [0.15, 0.2) is 0 Å². The van der Waals surface area contributed by atoms with Crippen molar-refractivity contribution in [1.29, 1.82) is 0 Å². The zero-order chi connectivity index (χ0) is 19.4. The van der Waals surface area contributed by atoms with Crippen LogP contribution >= 0.6 is 0 Å². The fourth-order valence-electron chi connectivity index (χ4n) is 3.19. The van der Waals surface area contributed by atoms with Crippen LogP contribution in [0.15, 0.2) is 48.5 Å². The molecule has 0 unspecified atom stereocenters. The minimum Gasteiger partial charge on any atom is -0.497 e. The molecule has 1 N–H and O–H groups in total. The first-order valence-corrected chi connectivity index (χ1v) is 8.74. The van der Waals surface area contributed by atoms with Gasteiger partial charge in [-0.25, -0.2) is 0 Å². The first-order chi connectivity index (χ1) is 12.9. The second-order valence-electron chi connectivity index (χ2n) is 6.54. The fourth-order valence-corrected chi connectivity index (χ4v) is 3.19. The van der Waals surface area contributed by atoms with E-state index in [2.05, 4.69) is 5.32 Å². The smallest absolute Gasteiger partial charge is 0.416 e. The highest BCUT2D eigenvalue weighted by Gasteiger charge is 2.31. The summed E-state index contributed by atoms with van der Waals surface area (Å²) in [6.07, 6.45) is -2.65. The van der Waals surface area contributed by atoms with Crippen molar-refractivity contribution in [1.82, 2.24) is 4.90 Å². The van der Waals surface area contributed by atoms with Gasteiger partial charge < -0.3 is 15.0 Å². The Hall–Kier alpha value is -2.70. The highest BCUT2D eigenvalue weighted by Crippen LogP contribution is 2.29. The molecule has 0 aromatic heterocycles. The Labute approximate surface area is 155 Å². The number of piperidine rings is 1. The summed E-state index contributed by atoms with van der Waals surface area (Å²) in [7, 11) is 1.61. The molecule has 1 amide bonds. The van der Waals surface area contributed by atoms with Crippen molar-refractivity contribution < 1.29 is 22.7 Å². The lowest BCUT2D eigenvalue weighted by atomic mass is 10.0. The second kappa shape index (κ2) is 7.90. The van der Waals surface area contributed by atoms with Gasteiger partial charge in [0.2, 0.25) is 0 Å². The topological polar surface area (TPSA) is 41.6 Å². The molecule has 3 rings (SSSR count). The number of halogens is 3. The van der Waals surface area contributed by atoms with Gasteiger partial charge in [-0.2, -0.15) is 13.2 Å². The van der Waals surface area contributed by atoms with E-state index in [9.17, 15) is 18.0 Å². The number of nitrogens with one attached hydrogen (secondary N) is 1. The van der Waals surface area contributed by atoms with Gasteiger partial charge in [-0.3, -0.25) is 4.79 Å². The number of methoxy groups -OCH3 is 1. The van der Waals surface area contributed by atoms with Crippen LogP contribution in [-0.2, 0) is 6.18 Å². The van der Waals surface area contributed by atoms with Crippen LogP contribution in [0.4, 0.5) is 18.9 Å². The van der Waals surface area contributed by atoms with Gasteiger partial charge in [0.1, 0.15) is 5.75 Å². The summed E-state index contributed by atoms with van der Waals surface area (Å²) in [4.78, 5) is 14.3. The van der Waals surface area contributed by atoms with E-state index in [1.54, 1.807) is 12.0 Å². The van der Waals surface area contributed by atoms with Gasteiger partial charge in [-0.1, -0.05) is 0 Å². The van der Waals surface area contributed by atoms with Gasteiger partial charge >= 0.3 is 6.18 Å². The number of nitrogens with zero attached hydrogens (tertiary/aromatic N) is 1. The number of benzene rings is 2. The lowest BCUT2D eigenvalue weighted by molar-refractivity contribution is -0.137. The molecule has 0 aliphatic carbocycles. The SMILES string of the molecule is COc1ccc(N[C@H]2CCCN(C(=O)c3ccc(C(F)(F)F)cc3)C2)cc1. The quantitative estimate of drug-likeness (QED) is 0.856. The maximum atomic E-state index is 12.7. The number of alkyl halides is 3. The summed E-state index contributed by atoms with van der Waals surface area (Å²) in [5, 5.41) is 3.40. The zero-order valence-electron chi connectivity index (χ0n) is 14.9. The third kappa shape index (κ3) is 4.72. The molecule has 0 saturated carbocycles. The molecule has 1 fully saturated rings. The number of carbonyl (C=O) groups is 1. The fraction of sp³-hybridized carbons (Fsp3) is 0.350. The first kappa shape index (κ1) is 19.1. The number of amides is 1. The molecular weight excluding hydrogens is 357 g/mol. The van der Waals surface area contributed by atoms with Crippen LogP contribution in [0.5, 0.6) is 5.75 Å². The molecule has 4 nitrogen and oxygen atoms in total. The molecule has 0 radical (unpaired) electrons. The summed E-state index contributed by atoms with van der Waals surface area (Å²) >= 11 is 0. The molecule has 1 aliphatic heterocycles. The van der Waals surface area contributed by atoms with E-state index in [-0.39, 0.29) is 17.5 Å². The monoisotopic (exact) mass is 378 g/mol. The number of anilines is 1. The number of carbonyl (C=O) groups excluding carboxylic acids is 1. The summed E-state index contributed by atoms with van der Waals surface area (Å²) in [5.74, 6) is 0.522. The van der Waals surface area contributed by atoms with Crippen LogP contribution in [0, 0.1) is 0 Å². The normalized spacial score (nSPS) is 17.5. The molecule has 7 heteroatoms. The van der Waals surface area contributed by atoms with E-state index >= 15 is 0 Å². The van der Waals surface area contributed by atoms with Crippen molar-refractivity contribution in [2.24, 2.45) is 0 Å². The number of hydrogen-bond donors (Lipinski definition) is 1. The standard InChI is InChI=1S/C20H21F3N2O2/c1-27-18-10-8-16(9-11-18)24-17-3-2-12-25(13-17)19(26)14-4-6-15(7-5-14)20(21,22)23/h4-11,17,24H,2-3,12-13H2,1H3/t17-/m0/s1. The second-order valence-corrected chi connectivity index (χ2v) is 6.54. The minimum atomic E-state index is -4.40. The Morgan fingerprint density at radius 1 is 1.11 bits per heavy atom. The Morgan fingerprint density at radius 3 is 2.37 bits per heavy atom. The molecular formula is C20H21F3N2O2. The minimum absolute atomic E-state index is 0.0885. The molecule has 27 heavy (non-hydrogen) atoms. The van der Waals surface area contributed by atoms with Crippen molar-refractivity contribution in [3.8, 4) is 5.75 Å². The Balaban J connectivity index is 1.63. The third-order valence-corrected chi connectivity index (χ3v) is 4.63. The van der Waals surface area contributed by atoms with Crippen molar-refractivity contribution in [3.63, 3.8) is 0 Å². The maximum absolute atomic E-state index is 12.7. The van der Waals surface area contributed by atoms with Gasteiger partial charge in [0, 0.05) is 30.4 Å². The Kier molecular flexibility index (Phi) is 5.58. The van der Waals surface area contributed by atoms with Gasteiger partial charge in [0.05, 0.1) is 12.7 Å². The van der Waals surface area contributed by atoms with Crippen LogP contribution in [0.25, 0.3) is 0 Å². The molecule has 1 atom stereocenters. The largest absolute Gasteiger partial charge is 0.497 e. The lowest BCUT2D eigenvalue weighted by Gasteiger charge is -2.34. The molecule has 0 spiro atoms. The Morgan fingerprint density at radius 2 is 1.78 bits per heavy atom. The highest BCUT2D eigenvalue weighted by atomic mass is 19.4. The molecule has 1 aliphatic rings. The van der Waals surface area contributed by atoms with Gasteiger partial charge in [-0.15, -0.1) is 0 Å². The predicted molar refractivity (Wildman–Crippen MR) is 97.0 cm³/mol. The summed E-state index contributed by atoms with van der Waals surface area (Å²) < 4.78 is 43.1. The highest BCUT2D eigenvalue weighted by molar-refractivity contribution is 5.94. The summed E-state index contributed by atoms with van der Waals surface area (Å²) in [5.41, 5.74) is 0.453. The summed E-state index contributed by atoms with van der Waals surface area (Å²) in [6, 6.07) is 12.0. The van der Waals surface area contributed by atoms with Crippen LogP contribution in [0.2, 0.25) is 0 Å². The first-order valence-electron chi connectivity index (χ1n) is 8.74. The zero-order valence-corrected chi connectivity index (χ0v) is 14.9. The Bertz CT molecular complexity index is 773. The molecule has 1 heterocycles. The van der Waals surface area contributed by atoms with Crippen molar-refractivity contribution in [3.05, 3.63) is 59.7 Å². The van der Waals surface area contributed by atoms with E-state index in [0.29, 0.717) is 13.1 Å². The van der Waals surface area contributed by atoms with Crippen LogP contribution < -0.4 is 10.1 Å². The number of likely N-dealkylation sites (tertiary alicyclic amines) is 1. The average molecular weight is 378 g/mol. The molecule has 144 valence electrons. The number of ether oxygens (including phenoxy) is 1. The van der Waals surface area contributed by atoms with Crippen molar-refractivity contribution in [2.45, 2.75) is 25.1 Å². The number of rotatable bonds is 4. The van der Waals surface area contributed by atoms with Crippen LogP contribution in [0.1, 0.15) is 28.8 Å². The van der Waals surface area contributed by atoms with E-state index < -0.39 is 11.7 Å². The van der Waals surface area contributed by atoms with Crippen molar-refractivity contribution >= 4 is 11.6 Å². The van der Waals surface area contributed by atoms with Crippen LogP contribution in [0.3, 0.4) is 0 Å². The summed E-state index contributed by atoms with van der Waals surface area (Å²) in [6.45, 7) is 1.10. The molecule has 2 aromatic carbocycles. The van der Waals surface area contributed by atoms with E-state index in [1.165, 1.54) is 12.1 Å². The van der Waals surface area contributed by atoms with Gasteiger partial charge in [0.25, 0.3) is 5.91 Å². The van der Waals surface area contributed by atoms with E-state index in [4.69, 9.17) is 4.74 Å². The molecule has 0 bridgehead atoms. The van der Waals surface area contributed by atoms with E-state index in [0.717, 1.165) is 36.4 Å². The molecule has 1 saturated heterocycles.